The number of hydrogen-bond donors (Lipinski definition) is 1. The number of aromatic nitrogens is 3. The van der Waals surface area contributed by atoms with Crippen molar-refractivity contribution in [1.82, 2.24) is 19.9 Å². The highest BCUT2D eigenvalue weighted by atomic mass is 35.5. The number of nitrogens with zero attached hydrogens (tertiary/aromatic N) is 3. The summed E-state index contributed by atoms with van der Waals surface area (Å²) in [5.41, 5.74) is 4.76. The molecule has 1 aliphatic heterocycles. The third kappa shape index (κ3) is 3.06. The third-order valence-electron chi connectivity index (χ3n) is 5.05. The van der Waals surface area contributed by atoms with Crippen LogP contribution >= 0.6 is 11.6 Å². The fraction of sp³-hybridized carbons (Fsp3) is 0.400. The summed E-state index contributed by atoms with van der Waals surface area (Å²) in [5, 5.41) is 4.11. The zero-order valence-electron chi connectivity index (χ0n) is 15.3. The first kappa shape index (κ1) is 17.3. The number of aryl methyl sites for hydroxylation is 3. The third-order valence-corrected chi connectivity index (χ3v) is 5.27. The van der Waals surface area contributed by atoms with Crippen molar-refractivity contribution in [3.63, 3.8) is 0 Å². The molecule has 5 nitrogen and oxygen atoms in total. The molecule has 0 aliphatic carbocycles. The second-order valence-corrected chi connectivity index (χ2v) is 7.37. The quantitative estimate of drug-likeness (QED) is 0.756. The Hall–Kier alpha value is -2.11. The van der Waals surface area contributed by atoms with Gasteiger partial charge in [-0.25, -0.2) is 9.97 Å². The van der Waals surface area contributed by atoms with Gasteiger partial charge in [-0.15, -0.1) is 0 Å². The van der Waals surface area contributed by atoms with Gasteiger partial charge in [0.2, 0.25) is 0 Å². The van der Waals surface area contributed by atoms with Crippen molar-refractivity contribution >= 4 is 22.8 Å². The van der Waals surface area contributed by atoms with Gasteiger partial charge in [0, 0.05) is 35.9 Å². The van der Waals surface area contributed by atoms with Gasteiger partial charge in [0.05, 0.1) is 0 Å². The topological polar surface area (TPSA) is 52.0 Å². The van der Waals surface area contributed by atoms with Crippen LogP contribution in [0.5, 0.6) is 5.75 Å². The van der Waals surface area contributed by atoms with E-state index in [0.29, 0.717) is 5.02 Å². The molecule has 1 saturated heterocycles. The van der Waals surface area contributed by atoms with Gasteiger partial charge in [-0.1, -0.05) is 11.6 Å². The predicted molar refractivity (Wildman–Crippen MR) is 105 cm³/mol. The molecule has 1 aromatic carbocycles. The van der Waals surface area contributed by atoms with Crippen LogP contribution in [0.15, 0.2) is 24.4 Å². The summed E-state index contributed by atoms with van der Waals surface area (Å²) in [4.78, 5) is 9.22. The number of ether oxygens (including phenoxy) is 1. The van der Waals surface area contributed by atoms with E-state index >= 15 is 0 Å². The average molecular weight is 371 g/mol. The molecule has 1 N–H and O–H groups in total. The fourth-order valence-corrected chi connectivity index (χ4v) is 3.85. The van der Waals surface area contributed by atoms with E-state index in [1.54, 1.807) is 0 Å². The number of hydrogen-bond acceptors (Lipinski definition) is 4. The minimum absolute atomic E-state index is 0.171. The lowest BCUT2D eigenvalue weighted by Gasteiger charge is -2.26. The molecular formula is C20H23ClN4O. The summed E-state index contributed by atoms with van der Waals surface area (Å²) in [5.74, 6) is 1.82. The number of nitrogens with one attached hydrogen (secondary N) is 1. The minimum Gasteiger partial charge on any atom is -0.488 e. The Balaban J connectivity index is 1.87. The summed E-state index contributed by atoms with van der Waals surface area (Å²) in [6.45, 7) is 5.96. The molecule has 0 bridgehead atoms. The Morgan fingerprint density at radius 3 is 2.88 bits per heavy atom. The maximum absolute atomic E-state index is 6.44. The van der Waals surface area contributed by atoms with E-state index < -0.39 is 0 Å². The second-order valence-electron chi connectivity index (χ2n) is 6.93. The van der Waals surface area contributed by atoms with Crippen molar-refractivity contribution in [2.45, 2.75) is 32.8 Å². The molecule has 136 valence electrons. The lowest BCUT2D eigenvalue weighted by molar-refractivity contribution is 0.167. The van der Waals surface area contributed by atoms with Crippen LogP contribution in [0.4, 0.5) is 0 Å². The van der Waals surface area contributed by atoms with Crippen LogP contribution in [-0.4, -0.2) is 33.7 Å². The predicted octanol–water partition coefficient (Wildman–Crippen LogP) is 4.04. The summed E-state index contributed by atoms with van der Waals surface area (Å²) >= 11 is 6.39. The summed E-state index contributed by atoms with van der Waals surface area (Å²) in [7, 11) is 1.98. The summed E-state index contributed by atoms with van der Waals surface area (Å²) in [6, 6.07) is 5.92. The molecule has 26 heavy (non-hydrogen) atoms. The number of pyridine rings is 1. The van der Waals surface area contributed by atoms with E-state index in [4.69, 9.17) is 21.3 Å². The van der Waals surface area contributed by atoms with Gasteiger partial charge < -0.3 is 14.6 Å². The molecule has 1 atom stereocenters. The molecule has 4 rings (SSSR count). The standard InChI is InChI=1S/C20H23ClN4O/c1-12-9-14(21)10-17(19(12)26-15-5-4-7-22-11-15)16-6-8-23-20-18(16)24-13(2)25(20)3/h6,8-10,15,22H,4-5,7,11H2,1-3H3/t15-/m0/s1. The Bertz CT molecular complexity index is 960. The highest BCUT2D eigenvalue weighted by molar-refractivity contribution is 6.31. The van der Waals surface area contributed by atoms with Crippen molar-refractivity contribution in [3.8, 4) is 16.9 Å². The summed E-state index contributed by atoms with van der Waals surface area (Å²) < 4.78 is 8.44. The van der Waals surface area contributed by atoms with Crippen LogP contribution in [-0.2, 0) is 7.05 Å². The molecule has 0 saturated carbocycles. The molecule has 3 heterocycles. The normalized spacial score (nSPS) is 17.6. The Morgan fingerprint density at radius 1 is 1.27 bits per heavy atom. The largest absolute Gasteiger partial charge is 0.488 e. The van der Waals surface area contributed by atoms with Crippen LogP contribution in [0.2, 0.25) is 5.02 Å². The van der Waals surface area contributed by atoms with Crippen LogP contribution in [0.3, 0.4) is 0 Å². The molecular weight excluding hydrogens is 348 g/mol. The number of halogens is 1. The first-order chi connectivity index (χ1) is 12.5. The minimum atomic E-state index is 0.171. The van der Waals surface area contributed by atoms with Gasteiger partial charge in [-0.05, 0) is 57.0 Å². The molecule has 0 spiro atoms. The van der Waals surface area contributed by atoms with Gasteiger partial charge in [-0.3, -0.25) is 0 Å². The smallest absolute Gasteiger partial charge is 0.160 e. The van der Waals surface area contributed by atoms with Crippen molar-refractivity contribution in [2.24, 2.45) is 7.05 Å². The van der Waals surface area contributed by atoms with Gasteiger partial charge in [0.1, 0.15) is 23.2 Å². The lowest BCUT2D eigenvalue weighted by atomic mass is 10.0. The molecule has 2 aromatic heterocycles. The molecule has 0 unspecified atom stereocenters. The fourth-order valence-electron chi connectivity index (χ4n) is 3.58. The molecule has 0 radical (unpaired) electrons. The number of fused-ring (bicyclic) bond motifs is 1. The first-order valence-electron chi connectivity index (χ1n) is 9.00. The van der Waals surface area contributed by atoms with Crippen molar-refractivity contribution in [1.29, 1.82) is 0 Å². The van der Waals surface area contributed by atoms with E-state index in [1.165, 1.54) is 0 Å². The highest BCUT2D eigenvalue weighted by Crippen LogP contribution is 2.39. The second kappa shape index (κ2) is 6.89. The maximum atomic E-state index is 6.44. The zero-order valence-corrected chi connectivity index (χ0v) is 16.1. The number of imidazole rings is 1. The molecule has 1 aliphatic rings. The molecule has 1 fully saturated rings. The SMILES string of the molecule is Cc1cc(Cl)cc(-c2ccnc3c2nc(C)n3C)c1O[C@H]1CCCNC1. The Kier molecular flexibility index (Phi) is 4.59. The van der Waals surface area contributed by atoms with E-state index in [9.17, 15) is 0 Å². The van der Waals surface area contributed by atoms with E-state index in [0.717, 1.165) is 65.4 Å². The van der Waals surface area contributed by atoms with Crippen molar-refractivity contribution < 1.29 is 4.74 Å². The van der Waals surface area contributed by atoms with Crippen LogP contribution in [0.25, 0.3) is 22.3 Å². The van der Waals surface area contributed by atoms with Crippen LogP contribution in [0.1, 0.15) is 24.2 Å². The summed E-state index contributed by atoms with van der Waals surface area (Å²) in [6.07, 6.45) is 4.18. The highest BCUT2D eigenvalue weighted by Gasteiger charge is 2.21. The molecule has 3 aromatic rings. The van der Waals surface area contributed by atoms with Gasteiger partial charge in [0.15, 0.2) is 5.65 Å². The number of piperidine rings is 1. The van der Waals surface area contributed by atoms with Crippen LogP contribution < -0.4 is 10.1 Å². The lowest BCUT2D eigenvalue weighted by Crippen LogP contribution is -2.37. The zero-order chi connectivity index (χ0) is 18.3. The Labute approximate surface area is 158 Å². The van der Waals surface area contributed by atoms with E-state index in [2.05, 4.69) is 10.3 Å². The van der Waals surface area contributed by atoms with Gasteiger partial charge in [0.25, 0.3) is 0 Å². The van der Waals surface area contributed by atoms with Gasteiger partial charge in [-0.2, -0.15) is 0 Å². The van der Waals surface area contributed by atoms with Crippen molar-refractivity contribution in [3.05, 3.63) is 40.8 Å². The number of rotatable bonds is 3. The van der Waals surface area contributed by atoms with E-state index in [1.807, 2.05) is 49.9 Å². The monoisotopic (exact) mass is 370 g/mol. The number of benzene rings is 1. The molecule has 6 heteroatoms. The first-order valence-corrected chi connectivity index (χ1v) is 9.38. The average Bonchev–Trinajstić information content (AvgIpc) is 2.93. The van der Waals surface area contributed by atoms with Gasteiger partial charge >= 0.3 is 0 Å². The van der Waals surface area contributed by atoms with E-state index in [-0.39, 0.29) is 6.10 Å². The Morgan fingerprint density at radius 2 is 2.12 bits per heavy atom. The maximum Gasteiger partial charge on any atom is 0.160 e. The van der Waals surface area contributed by atoms with Crippen molar-refractivity contribution in [2.75, 3.05) is 13.1 Å². The molecule has 0 amide bonds. The van der Waals surface area contributed by atoms with Crippen LogP contribution in [0, 0.1) is 13.8 Å².